The minimum atomic E-state index is -3.97. The summed E-state index contributed by atoms with van der Waals surface area (Å²) >= 11 is 2.91. The molecule has 1 rings (SSSR count). The average Bonchev–Trinajstić information content (AvgIpc) is 2.25. The molecule has 9 heteroatoms. The van der Waals surface area contributed by atoms with E-state index in [1.54, 1.807) is 0 Å². The van der Waals surface area contributed by atoms with E-state index in [1.165, 1.54) is 0 Å². The summed E-state index contributed by atoms with van der Waals surface area (Å²) in [7, 11) is -3.97. The number of nitrogens with two attached hydrogens (primary N) is 1. The summed E-state index contributed by atoms with van der Waals surface area (Å²) in [6.07, 6.45) is -1.63. The molecule has 0 saturated heterocycles. The maximum Gasteiger partial charge on any atom is 0.247 e. The first-order valence-electron chi connectivity index (χ1n) is 4.66. The fourth-order valence-electron chi connectivity index (χ4n) is 1.06. The highest BCUT2D eigenvalue weighted by Gasteiger charge is 2.20. The van der Waals surface area contributed by atoms with E-state index in [0.29, 0.717) is 0 Å². The Kier molecular flexibility index (Phi) is 4.79. The fourth-order valence-corrected chi connectivity index (χ4v) is 3.15. The van der Waals surface area contributed by atoms with E-state index in [0.717, 1.165) is 18.2 Å². The van der Waals surface area contributed by atoms with E-state index in [2.05, 4.69) is 15.9 Å². The lowest BCUT2D eigenvalue weighted by Crippen LogP contribution is -2.40. The number of carbonyl (C=O) groups is 1. The third-order valence-corrected chi connectivity index (χ3v) is 4.38. The molecular weight excluding hydrogens is 331 g/mol. The zero-order valence-corrected chi connectivity index (χ0v) is 11.3. The van der Waals surface area contributed by atoms with Gasteiger partial charge in [0.15, 0.2) is 0 Å². The zero-order chi connectivity index (χ0) is 13.9. The molecule has 0 aliphatic heterocycles. The zero-order valence-electron chi connectivity index (χ0n) is 8.93. The van der Waals surface area contributed by atoms with Gasteiger partial charge in [0.05, 0.1) is 4.90 Å². The number of benzene rings is 1. The summed E-state index contributed by atoms with van der Waals surface area (Å²) in [5, 5.41) is 9.08. The Bertz CT molecular complexity index is 564. The van der Waals surface area contributed by atoms with E-state index in [9.17, 15) is 17.6 Å². The maximum absolute atomic E-state index is 12.8. The Hall–Kier alpha value is -1.03. The number of aliphatic hydroxyl groups is 1. The number of aliphatic hydroxyl groups excluding tert-OH is 1. The molecule has 0 radical (unpaired) electrons. The third kappa shape index (κ3) is 3.73. The van der Waals surface area contributed by atoms with Gasteiger partial charge in [0.2, 0.25) is 15.9 Å². The Balaban J connectivity index is 2.90. The van der Waals surface area contributed by atoms with Gasteiger partial charge in [-0.1, -0.05) is 0 Å². The van der Waals surface area contributed by atoms with E-state index in [1.807, 2.05) is 4.72 Å². The van der Waals surface area contributed by atoms with Crippen molar-refractivity contribution in [2.75, 3.05) is 6.54 Å². The monoisotopic (exact) mass is 340 g/mol. The van der Waals surface area contributed by atoms with Crippen LogP contribution >= 0.6 is 15.9 Å². The van der Waals surface area contributed by atoms with Crippen LogP contribution in [0.1, 0.15) is 0 Å². The minimum Gasteiger partial charge on any atom is -0.382 e. The topological polar surface area (TPSA) is 109 Å². The quantitative estimate of drug-likeness (QED) is 0.684. The Morgan fingerprint density at radius 3 is 2.67 bits per heavy atom. The predicted molar refractivity (Wildman–Crippen MR) is 64.5 cm³/mol. The summed E-state index contributed by atoms with van der Waals surface area (Å²) in [4.78, 5) is 10.3. The molecule has 1 unspecified atom stereocenters. The molecule has 0 fully saturated rings. The Morgan fingerprint density at radius 2 is 2.17 bits per heavy atom. The van der Waals surface area contributed by atoms with Crippen LogP contribution in [-0.4, -0.2) is 32.1 Å². The van der Waals surface area contributed by atoms with Crippen molar-refractivity contribution in [3.63, 3.8) is 0 Å². The molecule has 4 N–H and O–H groups in total. The van der Waals surface area contributed by atoms with Crippen molar-refractivity contribution < 1.29 is 22.7 Å². The summed E-state index contributed by atoms with van der Waals surface area (Å²) in [5.74, 6) is -1.64. The highest BCUT2D eigenvalue weighted by atomic mass is 79.9. The van der Waals surface area contributed by atoms with Crippen LogP contribution in [0.3, 0.4) is 0 Å². The van der Waals surface area contributed by atoms with Crippen LogP contribution in [-0.2, 0) is 14.8 Å². The van der Waals surface area contributed by atoms with Gasteiger partial charge < -0.3 is 10.8 Å². The number of nitrogens with one attached hydrogen (secondary N) is 1. The minimum absolute atomic E-state index is 0.0311. The molecule has 1 aromatic carbocycles. The second-order valence-corrected chi connectivity index (χ2v) is 5.93. The van der Waals surface area contributed by atoms with Gasteiger partial charge in [-0.2, -0.15) is 0 Å². The molecule has 0 spiro atoms. The van der Waals surface area contributed by atoms with Gasteiger partial charge in [0, 0.05) is 11.0 Å². The first kappa shape index (κ1) is 15.0. The number of halogens is 2. The first-order chi connectivity index (χ1) is 8.24. The lowest BCUT2D eigenvalue weighted by Gasteiger charge is -2.10. The molecule has 0 aliphatic carbocycles. The van der Waals surface area contributed by atoms with Crippen LogP contribution in [0.25, 0.3) is 0 Å². The summed E-state index contributed by atoms with van der Waals surface area (Å²) in [5.41, 5.74) is 4.77. The normalized spacial score (nSPS) is 13.3. The van der Waals surface area contributed by atoms with Crippen molar-refractivity contribution in [2.24, 2.45) is 5.73 Å². The molecule has 0 aromatic heterocycles. The number of hydrogen-bond donors (Lipinski definition) is 3. The number of amides is 1. The summed E-state index contributed by atoms with van der Waals surface area (Å²) < 4.78 is 38.4. The Morgan fingerprint density at radius 1 is 1.56 bits per heavy atom. The molecule has 18 heavy (non-hydrogen) atoms. The molecule has 0 saturated carbocycles. The molecule has 0 aliphatic rings. The van der Waals surface area contributed by atoms with Crippen molar-refractivity contribution in [3.8, 4) is 0 Å². The number of primary amides is 1. The van der Waals surface area contributed by atoms with Crippen LogP contribution in [0.2, 0.25) is 0 Å². The number of rotatable bonds is 5. The van der Waals surface area contributed by atoms with E-state index in [-0.39, 0.29) is 9.37 Å². The van der Waals surface area contributed by atoms with Crippen LogP contribution in [0, 0.1) is 5.82 Å². The van der Waals surface area contributed by atoms with E-state index >= 15 is 0 Å². The molecule has 0 heterocycles. The molecule has 100 valence electrons. The maximum atomic E-state index is 12.8. The van der Waals surface area contributed by atoms with Gasteiger partial charge in [0.1, 0.15) is 11.9 Å². The molecule has 1 amide bonds. The van der Waals surface area contributed by atoms with E-state index < -0.39 is 34.4 Å². The largest absolute Gasteiger partial charge is 0.382 e. The molecule has 1 aromatic rings. The van der Waals surface area contributed by atoms with Gasteiger partial charge in [-0.25, -0.2) is 17.5 Å². The number of sulfonamides is 1. The molecular formula is C9H10BrFN2O4S. The van der Waals surface area contributed by atoms with Gasteiger partial charge in [-0.3, -0.25) is 4.79 Å². The van der Waals surface area contributed by atoms with Crippen molar-refractivity contribution in [1.29, 1.82) is 0 Å². The van der Waals surface area contributed by atoms with Crippen molar-refractivity contribution in [1.82, 2.24) is 4.72 Å². The van der Waals surface area contributed by atoms with Crippen molar-refractivity contribution in [3.05, 3.63) is 28.5 Å². The summed E-state index contributed by atoms with van der Waals surface area (Å²) in [6, 6.07) is 3.02. The second kappa shape index (κ2) is 5.74. The average molecular weight is 341 g/mol. The fraction of sp³-hybridized carbons (Fsp3) is 0.222. The smallest absolute Gasteiger partial charge is 0.247 e. The van der Waals surface area contributed by atoms with Crippen LogP contribution in [0.5, 0.6) is 0 Å². The van der Waals surface area contributed by atoms with Gasteiger partial charge in [0.25, 0.3) is 0 Å². The molecule has 0 bridgehead atoms. The van der Waals surface area contributed by atoms with Gasteiger partial charge in [-0.15, -0.1) is 0 Å². The third-order valence-electron chi connectivity index (χ3n) is 1.98. The van der Waals surface area contributed by atoms with Crippen molar-refractivity contribution >= 4 is 31.9 Å². The second-order valence-electron chi connectivity index (χ2n) is 3.34. The van der Waals surface area contributed by atoms with Crippen LogP contribution in [0.15, 0.2) is 27.6 Å². The standard InChI is InChI=1S/C9H10BrFN2O4S/c10-6-3-5(11)1-2-8(6)18(16,17)13-4-7(14)9(12)15/h1-3,7,13-14H,4H2,(H2,12,15). The van der Waals surface area contributed by atoms with Gasteiger partial charge >= 0.3 is 0 Å². The number of carbonyl (C=O) groups excluding carboxylic acids is 1. The van der Waals surface area contributed by atoms with Gasteiger partial charge in [-0.05, 0) is 34.1 Å². The predicted octanol–water partition coefficient (Wildman–Crippen LogP) is -0.287. The SMILES string of the molecule is NC(=O)C(O)CNS(=O)(=O)c1ccc(F)cc1Br. The Labute approximate surface area is 111 Å². The van der Waals surface area contributed by atoms with Crippen LogP contribution < -0.4 is 10.5 Å². The number of hydrogen-bond acceptors (Lipinski definition) is 4. The molecule has 1 atom stereocenters. The lowest BCUT2D eigenvalue weighted by molar-refractivity contribution is -0.125. The lowest BCUT2D eigenvalue weighted by atomic mass is 10.3. The highest BCUT2D eigenvalue weighted by molar-refractivity contribution is 9.10. The molecule has 6 nitrogen and oxygen atoms in total. The van der Waals surface area contributed by atoms with E-state index in [4.69, 9.17) is 10.8 Å². The first-order valence-corrected chi connectivity index (χ1v) is 6.94. The highest BCUT2D eigenvalue weighted by Crippen LogP contribution is 2.22. The van der Waals surface area contributed by atoms with Crippen LogP contribution in [0.4, 0.5) is 4.39 Å². The van der Waals surface area contributed by atoms with Crippen molar-refractivity contribution in [2.45, 2.75) is 11.0 Å². The summed E-state index contributed by atoms with van der Waals surface area (Å²) in [6.45, 7) is -0.554.